The van der Waals surface area contributed by atoms with Crippen molar-refractivity contribution in [3.8, 4) is 0 Å². The molecule has 0 saturated heterocycles. The largest absolute Gasteiger partial charge is 0.379 e. The molecule has 1 aromatic rings. The maximum atomic E-state index is 5.74. The lowest BCUT2D eigenvalue weighted by atomic mass is 9.85. The number of ether oxygens (including phenoxy) is 1. The van der Waals surface area contributed by atoms with E-state index < -0.39 is 0 Å². The fourth-order valence-corrected chi connectivity index (χ4v) is 2.66. The van der Waals surface area contributed by atoms with E-state index in [-0.39, 0.29) is 17.6 Å². The molecule has 0 amide bonds. The Morgan fingerprint density at radius 1 is 1.05 bits per heavy atom. The fourth-order valence-electron chi connectivity index (χ4n) is 2.66. The van der Waals surface area contributed by atoms with E-state index in [4.69, 9.17) is 4.74 Å². The molecule has 2 nitrogen and oxygen atoms in total. The monoisotopic (exact) mass is 291 g/mol. The van der Waals surface area contributed by atoms with Gasteiger partial charge in [-0.3, -0.25) is 0 Å². The third-order valence-electron chi connectivity index (χ3n) is 4.00. The van der Waals surface area contributed by atoms with Crippen molar-refractivity contribution in [2.45, 2.75) is 71.4 Å². The lowest BCUT2D eigenvalue weighted by molar-refractivity contribution is 0.0606. The molecule has 21 heavy (non-hydrogen) atoms. The predicted molar refractivity (Wildman–Crippen MR) is 91.9 cm³/mol. The quantitative estimate of drug-likeness (QED) is 0.740. The van der Waals surface area contributed by atoms with E-state index in [1.807, 2.05) is 7.11 Å². The molecule has 2 atom stereocenters. The molecule has 0 aliphatic heterocycles. The summed E-state index contributed by atoms with van der Waals surface area (Å²) in [4.78, 5) is 0. The van der Waals surface area contributed by atoms with Crippen LogP contribution in [0.4, 0.5) is 0 Å². The van der Waals surface area contributed by atoms with Gasteiger partial charge in [-0.2, -0.15) is 0 Å². The molecule has 0 fully saturated rings. The summed E-state index contributed by atoms with van der Waals surface area (Å²) in [6, 6.07) is 9.32. The van der Waals surface area contributed by atoms with Gasteiger partial charge >= 0.3 is 0 Å². The Hall–Kier alpha value is -0.860. The Kier molecular flexibility index (Phi) is 7.41. The SMILES string of the molecule is CCCNC(c1ccc(C(C)(C)C)cc1)C(CCC)OC. The van der Waals surface area contributed by atoms with Gasteiger partial charge in [0.25, 0.3) is 0 Å². The van der Waals surface area contributed by atoms with Crippen LogP contribution >= 0.6 is 0 Å². The Morgan fingerprint density at radius 3 is 2.10 bits per heavy atom. The highest BCUT2D eigenvalue weighted by Crippen LogP contribution is 2.27. The molecule has 1 rings (SSSR count). The first kappa shape index (κ1) is 18.2. The second-order valence-corrected chi connectivity index (χ2v) is 6.87. The topological polar surface area (TPSA) is 21.3 Å². The highest BCUT2D eigenvalue weighted by Gasteiger charge is 2.22. The fraction of sp³-hybridized carbons (Fsp3) is 0.684. The van der Waals surface area contributed by atoms with Crippen molar-refractivity contribution in [3.05, 3.63) is 35.4 Å². The van der Waals surface area contributed by atoms with Gasteiger partial charge < -0.3 is 10.1 Å². The van der Waals surface area contributed by atoms with E-state index in [0.717, 1.165) is 25.8 Å². The minimum absolute atomic E-state index is 0.203. The first-order chi connectivity index (χ1) is 9.93. The maximum absolute atomic E-state index is 5.74. The summed E-state index contributed by atoms with van der Waals surface area (Å²) >= 11 is 0. The van der Waals surface area contributed by atoms with E-state index in [1.165, 1.54) is 11.1 Å². The van der Waals surface area contributed by atoms with Gasteiger partial charge in [-0.1, -0.05) is 65.3 Å². The van der Waals surface area contributed by atoms with E-state index in [2.05, 4.69) is 64.2 Å². The number of rotatable bonds is 8. The van der Waals surface area contributed by atoms with E-state index in [0.29, 0.717) is 0 Å². The van der Waals surface area contributed by atoms with Crippen molar-refractivity contribution in [1.29, 1.82) is 0 Å². The number of nitrogens with one attached hydrogen (secondary N) is 1. The molecule has 0 heterocycles. The molecule has 120 valence electrons. The normalized spacial score (nSPS) is 15.0. The van der Waals surface area contributed by atoms with Crippen LogP contribution in [0.5, 0.6) is 0 Å². The zero-order valence-electron chi connectivity index (χ0n) is 14.7. The average molecular weight is 291 g/mol. The molecule has 0 saturated carbocycles. The van der Waals surface area contributed by atoms with Gasteiger partial charge in [0.2, 0.25) is 0 Å². The highest BCUT2D eigenvalue weighted by atomic mass is 16.5. The summed E-state index contributed by atoms with van der Waals surface area (Å²) in [6.45, 7) is 12.2. The Bertz CT molecular complexity index is 391. The van der Waals surface area contributed by atoms with Crippen molar-refractivity contribution in [2.24, 2.45) is 0 Å². The lowest BCUT2D eigenvalue weighted by Crippen LogP contribution is -2.34. The third kappa shape index (κ3) is 5.44. The Balaban J connectivity index is 2.96. The Morgan fingerprint density at radius 2 is 1.67 bits per heavy atom. The molecule has 0 radical (unpaired) electrons. The molecular weight excluding hydrogens is 258 g/mol. The molecule has 2 unspecified atom stereocenters. The zero-order valence-corrected chi connectivity index (χ0v) is 14.7. The summed E-state index contributed by atoms with van der Waals surface area (Å²) in [6.07, 6.45) is 3.60. The first-order valence-electron chi connectivity index (χ1n) is 8.30. The molecule has 2 heteroatoms. The molecule has 0 bridgehead atoms. The Labute approximate surface area is 131 Å². The second-order valence-electron chi connectivity index (χ2n) is 6.87. The molecule has 0 aromatic heterocycles. The van der Waals surface area contributed by atoms with Gasteiger partial charge in [-0.05, 0) is 35.9 Å². The summed E-state index contributed by atoms with van der Waals surface area (Å²) in [5.74, 6) is 0. The van der Waals surface area contributed by atoms with Gasteiger partial charge in [0.1, 0.15) is 0 Å². The zero-order chi connectivity index (χ0) is 15.9. The third-order valence-corrected chi connectivity index (χ3v) is 4.00. The summed E-state index contributed by atoms with van der Waals surface area (Å²) in [5, 5.41) is 3.65. The van der Waals surface area contributed by atoms with Crippen molar-refractivity contribution >= 4 is 0 Å². The van der Waals surface area contributed by atoms with Crippen molar-refractivity contribution in [1.82, 2.24) is 5.32 Å². The van der Waals surface area contributed by atoms with Gasteiger partial charge in [0.05, 0.1) is 12.1 Å². The van der Waals surface area contributed by atoms with Crippen molar-refractivity contribution in [2.75, 3.05) is 13.7 Å². The standard InChI is InChI=1S/C19H33NO/c1-7-9-17(21-6)18(20-14-8-2)15-10-12-16(13-11-15)19(3,4)5/h10-13,17-18,20H,7-9,14H2,1-6H3. The van der Waals surface area contributed by atoms with E-state index >= 15 is 0 Å². The molecule has 0 spiro atoms. The highest BCUT2D eigenvalue weighted by molar-refractivity contribution is 5.29. The van der Waals surface area contributed by atoms with Crippen LogP contribution in [0.25, 0.3) is 0 Å². The average Bonchev–Trinajstić information content (AvgIpc) is 2.46. The van der Waals surface area contributed by atoms with Gasteiger partial charge in [0.15, 0.2) is 0 Å². The molecular formula is C19H33NO. The number of hydrogen-bond acceptors (Lipinski definition) is 2. The van der Waals surface area contributed by atoms with Crippen molar-refractivity contribution < 1.29 is 4.74 Å². The minimum Gasteiger partial charge on any atom is -0.379 e. The van der Waals surface area contributed by atoms with Crippen LogP contribution in [-0.2, 0) is 10.2 Å². The maximum Gasteiger partial charge on any atom is 0.0765 e. The number of hydrogen-bond donors (Lipinski definition) is 1. The first-order valence-corrected chi connectivity index (χ1v) is 8.30. The van der Waals surface area contributed by atoms with Crippen LogP contribution in [0.2, 0.25) is 0 Å². The number of benzene rings is 1. The molecule has 0 aliphatic carbocycles. The van der Waals surface area contributed by atoms with Gasteiger partial charge in [-0.15, -0.1) is 0 Å². The van der Waals surface area contributed by atoms with Crippen LogP contribution in [0.15, 0.2) is 24.3 Å². The minimum atomic E-state index is 0.203. The van der Waals surface area contributed by atoms with Crippen LogP contribution in [0.1, 0.15) is 71.0 Å². The van der Waals surface area contributed by atoms with Gasteiger partial charge in [0, 0.05) is 7.11 Å². The lowest BCUT2D eigenvalue weighted by Gasteiger charge is -2.28. The molecule has 0 aliphatic rings. The second kappa shape index (κ2) is 8.55. The van der Waals surface area contributed by atoms with Crippen LogP contribution in [0, 0.1) is 0 Å². The number of methoxy groups -OCH3 is 1. The van der Waals surface area contributed by atoms with E-state index in [1.54, 1.807) is 0 Å². The van der Waals surface area contributed by atoms with Gasteiger partial charge in [-0.25, -0.2) is 0 Å². The molecule has 1 N–H and O–H groups in total. The smallest absolute Gasteiger partial charge is 0.0765 e. The van der Waals surface area contributed by atoms with Crippen LogP contribution in [0.3, 0.4) is 0 Å². The van der Waals surface area contributed by atoms with Crippen molar-refractivity contribution in [3.63, 3.8) is 0 Å². The van der Waals surface area contributed by atoms with E-state index in [9.17, 15) is 0 Å². The predicted octanol–water partition coefficient (Wildman–Crippen LogP) is 4.84. The summed E-state index contributed by atoms with van der Waals surface area (Å²) in [7, 11) is 1.82. The van der Waals surface area contributed by atoms with Crippen LogP contribution in [-0.4, -0.2) is 19.8 Å². The summed E-state index contributed by atoms with van der Waals surface area (Å²) < 4.78 is 5.74. The summed E-state index contributed by atoms with van der Waals surface area (Å²) in [5.41, 5.74) is 2.91. The van der Waals surface area contributed by atoms with Crippen LogP contribution < -0.4 is 5.32 Å². The molecule has 1 aromatic carbocycles.